The van der Waals surface area contributed by atoms with Gasteiger partial charge < -0.3 is 4.90 Å². The highest BCUT2D eigenvalue weighted by molar-refractivity contribution is 5.55. The zero-order valence-corrected chi connectivity index (χ0v) is 16.2. The smallest absolute Gasteiger partial charge is 0.0372 e. The molecule has 0 bridgehead atoms. The van der Waals surface area contributed by atoms with Crippen molar-refractivity contribution in [3.63, 3.8) is 0 Å². The molecule has 0 aromatic heterocycles. The van der Waals surface area contributed by atoms with Crippen LogP contribution in [0.25, 0.3) is 0 Å². The van der Waals surface area contributed by atoms with Gasteiger partial charge in [-0.2, -0.15) is 0 Å². The Morgan fingerprint density at radius 2 is 1.11 bits per heavy atom. The topological polar surface area (TPSA) is 3.24 Å². The molecule has 138 valence electrons. The van der Waals surface area contributed by atoms with E-state index in [0.717, 1.165) is 29.1 Å². The minimum atomic E-state index is 0.772. The summed E-state index contributed by atoms with van der Waals surface area (Å²) in [5.74, 6) is 7.47. The summed E-state index contributed by atoms with van der Waals surface area (Å²) in [5.41, 5.74) is 5.13. The second-order valence-electron chi connectivity index (χ2n) is 8.62. The highest BCUT2D eigenvalue weighted by Crippen LogP contribution is 2.40. The van der Waals surface area contributed by atoms with Crippen LogP contribution in [-0.2, 0) is 0 Å². The van der Waals surface area contributed by atoms with E-state index in [1.54, 1.807) is 0 Å². The summed E-state index contributed by atoms with van der Waals surface area (Å²) in [6, 6.07) is 19.5. The molecule has 2 aromatic carbocycles. The maximum absolute atomic E-state index is 3.35. The van der Waals surface area contributed by atoms with Crippen LogP contribution in [-0.4, -0.2) is 12.1 Å². The van der Waals surface area contributed by atoms with Gasteiger partial charge in [0.15, 0.2) is 0 Å². The quantitative estimate of drug-likeness (QED) is 0.585. The van der Waals surface area contributed by atoms with E-state index in [0.29, 0.717) is 0 Å². The molecule has 0 unspecified atom stereocenters. The van der Waals surface area contributed by atoms with Gasteiger partial charge in [-0.3, -0.25) is 0 Å². The minimum Gasteiger partial charge on any atom is -0.366 e. The van der Waals surface area contributed by atoms with Crippen molar-refractivity contribution in [1.29, 1.82) is 0 Å². The average molecular weight is 356 g/mol. The van der Waals surface area contributed by atoms with Crippen LogP contribution in [0.2, 0.25) is 0 Å². The molecule has 0 aliphatic heterocycles. The third-order valence-electron chi connectivity index (χ3n) is 6.38. The van der Waals surface area contributed by atoms with Crippen molar-refractivity contribution in [3.05, 3.63) is 65.2 Å². The fraction of sp³-hybridized carbons (Fsp3) is 0.462. The largest absolute Gasteiger partial charge is 0.366 e. The second kappa shape index (κ2) is 7.43. The molecule has 1 heteroatoms. The normalized spacial score (nSPS) is 20.0. The van der Waals surface area contributed by atoms with Crippen molar-refractivity contribution in [1.82, 2.24) is 0 Å². The summed E-state index contributed by atoms with van der Waals surface area (Å²) in [5, 5.41) is 0. The summed E-state index contributed by atoms with van der Waals surface area (Å²) in [6.45, 7) is 0. The van der Waals surface area contributed by atoms with Crippen molar-refractivity contribution in [2.75, 3.05) is 4.90 Å². The van der Waals surface area contributed by atoms with Crippen LogP contribution in [0.15, 0.2) is 48.5 Å². The Bertz CT molecular complexity index is 811. The van der Waals surface area contributed by atoms with Crippen LogP contribution in [0.1, 0.15) is 80.4 Å². The number of anilines is 1. The summed E-state index contributed by atoms with van der Waals surface area (Å²) < 4.78 is 0. The first-order chi connectivity index (χ1) is 13.4. The predicted molar refractivity (Wildman–Crippen MR) is 113 cm³/mol. The predicted octanol–water partition coefficient (Wildman–Crippen LogP) is 6.27. The number of hydrogen-bond donors (Lipinski definition) is 0. The van der Waals surface area contributed by atoms with E-state index in [-0.39, 0.29) is 0 Å². The van der Waals surface area contributed by atoms with E-state index >= 15 is 0 Å². The van der Waals surface area contributed by atoms with Gasteiger partial charge in [0.25, 0.3) is 0 Å². The van der Waals surface area contributed by atoms with Gasteiger partial charge >= 0.3 is 0 Å². The molecule has 3 aliphatic rings. The van der Waals surface area contributed by atoms with Crippen LogP contribution in [0.5, 0.6) is 0 Å². The molecular formula is C26H29N. The fourth-order valence-corrected chi connectivity index (χ4v) is 4.56. The summed E-state index contributed by atoms with van der Waals surface area (Å²) in [4.78, 5) is 2.65. The fourth-order valence-electron chi connectivity index (χ4n) is 4.56. The van der Waals surface area contributed by atoms with Gasteiger partial charge in [0.05, 0.1) is 0 Å². The van der Waals surface area contributed by atoms with Crippen LogP contribution >= 0.6 is 0 Å². The van der Waals surface area contributed by atoms with Crippen molar-refractivity contribution in [2.45, 2.75) is 75.8 Å². The van der Waals surface area contributed by atoms with Crippen molar-refractivity contribution in [3.8, 4) is 11.8 Å². The monoisotopic (exact) mass is 355 g/mol. The first-order valence-electron chi connectivity index (χ1n) is 10.9. The van der Waals surface area contributed by atoms with E-state index in [2.05, 4.69) is 65.3 Å². The van der Waals surface area contributed by atoms with Gasteiger partial charge in [0.1, 0.15) is 0 Å². The third-order valence-corrected chi connectivity index (χ3v) is 6.38. The standard InChI is InChI=1S/C26H29N/c1-2-4-22(5-3-1)23-12-8-20(9-13-23)6-7-21-10-14-24(15-11-21)27(25-16-17-25)26-18-19-26/h8-15,22,25-26H,1-5,16-19H2. The maximum atomic E-state index is 3.35. The van der Waals surface area contributed by atoms with Crippen LogP contribution < -0.4 is 4.90 Å². The Balaban J connectivity index is 1.26. The van der Waals surface area contributed by atoms with E-state index in [1.165, 1.54) is 69.0 Å². The Morgan fingerprint density at radius 3 is 1.63 bits per heavy atom. The van der Waals surface area contributed by atoms with Gasteiger partial charge in [-0.05, 0) is 86.4 Å². The molecule has 0 N–H and O–H groups in total. The Kier molecular flexibility index (Phi) is 4.66. The molecule has 0 radical (unpaired) electrons. The lowest BCUT2D eigenvalue weighted by molar-refractivity contribution is 0.443. The molecule has 3 aliphatic carbocycles. The van der Waals surface area contributed by atoms with Gasteiger partial charge in [0.2, 0.25) is 0 Å². The molecule has 1 nitrogen and oxygen atoms in total. The van der Waals surface area contributed by atoms with E-state index in [1.807, 2.05) is 0 Å². The summed E-state index contributed by atoms with van der Waals surface area (Å²) in [6.07, 6.45) is 12.4. The first-order valence-corrected chi connectivity index (χ1v) is 10.9. The Morgan fingerprint density at radius 1 is 0.593 bits per heavy atom. The zero-order valence-electron chi connectivity index (χ0n) is 16.2. The minimum absolute atomic E-state index is 0.772. The molecule has 5 rings (SSSR count). The zero-order chi connectivity index (χ0) is 18.1. The number of rotatable bonds is 4. The highest BCUT2D eigenvalue weighted by atomic mass is 15.2. The van der Waals surface area contributed by atoms with Gasteiger partial charge in [-0.15, -0.1) is 0 Å². The molecule has 0 heterocycles. The SMILES string of the molecule is C(#Cc1ccc(N(C2CC2)C2CC2)cc1)c1ccc(C2CCCCC2)cc1. The van der Waals surface area contributed by atoms with Crippen molar-refractivity contribution < 1.29 is 0 Å². The van der Waals surface area contributed by atoms with Gasteiger partial charge in [0, 0.05) is 28.9 Å². The molecule has 27 heavy (non-hydrogen) atoms. The average Bonchev–Trinajstić information content (AvgIpc) is 3.64. The molecule has 0 amide bonds. The van der Waals surface area contributed by atoms with E-state index < -0.39 is 0 Å². The number of hydrogen-bond acceptors (Lipinski definition) is 1. The second-order valence-corrected chi connectivity index (χ2v) is 8.62. The highest BCUT2D eigenvalue weighted by Gasteiger charge is 2.39. The first kappa shape index (κ1) is 16.9. The molecule has 3 fully saturated rings. The van der Waals surface area contributed by atoms with Crippen molar-refractivity contribution in [2.24, 2.45) is 0 Å². The lowest BCUT2D eigenvalue weighted by atomic mass is 9.84. The molecule has 2 aromatic rings. The van der Waals surface area contributed by atoms with Gasteiger partial charge in [-0.25, -0.2) is 0 Å². The van der Waals surface area contributed by atoms with Crippen LogP contribution in [0.4, 0.5) is 5.69 Å². The van der Waals surface area contributed by atoms with E-state index in [4.69, 9.17) is 0 Å². The summed E-state index contributed by atoms with van der Waals surface area (Å²) >= 11 is 0. The molecule has 0 saturated heterocycles. The number of nitrogens with zero attached hydrogens (tertiary/aromatic N) is 1. The van der Waals surface area contributed by atoms with E-state index in [9.17, 15) is 0 Å². The van der Waals surface area contributed by atoms with Crippen LogP contribution in [0, 0.1) is 11.8 Å². The number of benzene rings is 2. The lowest BCUT2D eigenvalue weighted by Gasteiger charge is -2.24. The molecule has 3 saturated carbocycles. The summed E-state index contributed by atoms with van der Waals surface area (Å²) in [7, 11) is 0. The lowest BCUT2D eigenvalue weighted by Crippen LogP contribution is -2.27. The Hall–Kier alpha value is -2.20. The maximum Gasteiger partial charge on any atom is 0.0372 e. The Labute approximate surface area is 163 Å². The third kappa shape index (κ3) is 4.06. The van der Waals surface area contributed by atoms with Crippen molar-refractivity contribution >= 4 is 5.69 Å². The molecule has 0 atom stereocenters. The molecular weight excluding hydrogens is 326 g/mol. The molecule has 0 spiro atoms. The van der Waals surface area contributed by atoms with Crippen LogP contribution in [0.3, 0.4) is 0 Å². The van der Waals surface area contributed by atoms with Gasteiger partial charge in [-0.1, -0.05) is 43.2 Å².